The first-order valence-corrected chi connectivity index (χ1v) is 20.7. The van der Waals surface area contributed by atoms with E-state index in [0.29, 0.717) is 22.4 Å². The number of amides is 1. The number of benzene rings is 3. The van der Waals surface area contributed by atoms with E-state index in [9.17, 15) is 53.1 Å². The summed E-state index contributed by atoms with van der Waals surface area (Å²) in [5, 5.41) is 9.07. The highest BCUT2D eigenvalue weighted by atomic mass is 35.5. The van der Waals surface area contributed by atoms with Crippen molar-refractivity contribution in [1.29, 1.82) is 0 Å². The lowest BCUT2D eigenvalue weighted by Gasteiger charge is -2.25. The average molecular weight is 931 g/mol. The largest absolute Gasteiger partial charge is 0.344 e. The van der Waals surface area contributed by atoms with E-state index in [2.05, 4.69) is 25.2 Å². The predicted molar refractivity (Wildman–Crippen MR) is 208 cm³/mol. The molecule has 0 fully saturated rings. The summed E-state index contributed by atoms with van der Waals surface area (Å²) in [6, 6.07) is 5.25. The normalized spacial score (nSPS) is 17.4. The summed E-state index contributed by atoms with van der Waals surface area (Å²) in [5.74, 6) is -12.0. The molecule has 8 rings (SSSR count). The number of nitrogens with zero attached hydrogens (tertiary/aromatic N) is 6. The molecule has 2 aliphatic carbocycles. The van der Waals surface area contributed by atoms with Crippen LogP contribution in [0.4, 0.5) is 49.7 Å². The standard InChI is InChI=1S/C39H29ClF10N8O4S/c1-37-13-21(37)28-30(33(45)46)53-57(32(28)39(37,49)50)15-27(59)51-24(10-16-8-18(41)12-19(42)9-16)35-52-23-11-17(38(2,47)48)4-5-20(23)36(60)58(35)25-7-6-22(40)29-31(25)56(14-26(43)44)54-34(29)55-63(3,61)62/h4-9,11-13,24,26,33H,10,14-15H2,1-3H3,(H,51,59)(H,54,55)/t24-,37?/m0/s1. The van der Waals surface area contributed by atoms with E-state index in [0.717, 1.165) is 66.3 Å². The van der Waals surface area contributed by atoms with Crippen LogP contribution in [0.3, 0.4) is 0 Å². The molecule has 0 radical (unpaired) electrons. The summed E-state index contributed by atoms with van der Waals surface area (Å²) in [6.45, 7) is -0.752. The van der Waals surface area contributed by atoms with Crippen LogP contribution in [0.15, 0.2) is 59.4 Å². The van der Waals surface area contributed by atoms with Crippen molar-refractivity contribution in [2.24, 2.45) is 5.41 Å². The van der Waals surface area contributed by atoms with Crippen molar-refractivity contribution in [3.05, 3.63) is 116 Å². The Labute approximate surface area is 353 Å². The van der Waals surface area contributed by atoms with E-state index in [1.807, 2.05) is 0 Å². The fourth-order valence-corrected chi connectivity index (χ4v) is 8.60. The van der Waals surface area contributed by atoms with Gasteiger partial charge in [0.15, 0.2) is 5.82 Å². The van der Waals surface area contributed by atoms with Crippen molar-refractivity contribution in [3.63, 3.8) is 0 Å². The quantitative estimate of drug-likeness (QED) is 0.111. The highest BCUT2D eigenvalue weighted by Gasteiger charge is 2.70. The topological polar surface area (TPSA) is 146 Å². The highest BCUT2D eigenvalue weighted by Crippen LogP contribution is 2.71. The zero-order valence-electron chi connectivity index (χ0n) is 32.4. The molecule has 2 N–H and O–H groups in total. The Kier molecular flexibility index (Phi) is 10.3. The molecule has 0 aliphatic heterocycles. The van der Waals surface area contributed by atoms with E-state index in [1.54, 1.807) is 0 Å². The van der Waals surface area contributed by atoms with Gasteiger partial charge in [-0.15, -0.1) is 0 Å². The zero-order chi connectivity index (χ0) is 45.9. The third-order valence-electron chi connectivity index (χ3n) is 10.7. The first-order valence-electron chi connectivity index (χ1n) is 18.4. The minimum Gasteiger partial charge on any atom is -0.344 e. The second-order valence-electron chi connectivity index (χ2n) is 15.3. The molecule has 1 amide bonds. The van der Waals surface area contributed by atoms with E-state index in [-0.39, 0.29) is 26.9 Å². The molecule has 2 atom stereocenters. The van der Waals surface area contributed by atoms with Gasteiger partial charge in [0.2, 0.25) is 15.9 Å². The zero-order valence-corrected chi connectivity index (χ0v) is 34.0. The molecule has 63 heavy (non-hydrogen) atoms. The fraction of sp³-hybridized carbons (Fsp3) is 0.308. The Balaban J connectivity index is 1.37. The monoisotopic (exact) mass is 930 g/mol. The number of hydrogen-bond donors (Lipinski definition) is 2. The van der Waals surface area contributed by atoms with Crippen LogP contribution in [0.5, 0.6) is 0 Å². The number of halogens is 11. The molecular formula is C39H29ClF10N8O4S. The number of aromatic nitrogens is 6. The molecule has 0 bridgehead atoms. The number of carbonyl (C=O) groups is 1. The summed E-state index contributed by atoms with van der Waals surface area (Å²) in [4.78, 5) is 33.3. The van der Waals surface area contributed by atoms with Gasteiger partial charge in [-0.25, -0.2) is 48.5 Å². The van der Waals surface area contributed by atoms with Gasteiger partial charge in [0.05, 0.1) is 50.2 Å². The smallest absolute Gasteiger partial charge is 0.302 e. The van der Waals surface area contributed by atoms with Crippen LogP contribution in [0.1, 0.15) is 60.2 Å². The third kappa shape index (κ3) is 7.57. The van der Waals surface area contributed by atoms with Gasteiger partial charge in [0, 0.05) is 30.5 Å². The molecule has 0 saturated heterocycles. The van der Waals surface area contributed by atoms with Gasteiger partial charge in [-0.3, -0.25) is 28.2 Å². The summed E-state index contributed by atoms with van der Waals surface area (Å²) >= 11 is 6.49. The number of hydrogen-bond acceptors (Lipinski definition) is 7. The van der Waals surface area contributed by atoms with Crippen LogP contribution < -0.4 is 15.6 Å². The van der Waals surface area contributed by atoms with Gasteiger partial charge >= 0.3 is 5.92 Å². The number of sulfonamides is 1. The molecule has 2 aliphatic rings. The molecule has 24 heteroatoms. The maximum Gasteiger partial charge on any atom is 0.302 e. The highest BCUT2D eigenvalue weighted by molar-refractivity contribution is 7.92. The molecule has 3 aromatic heterocycles. The van der Waals surface area contributed by atoms with Crippen molar-refractivity contribution in [1.82, 2.24) is 34.4 Å². The third-order valence-corrected chi connectivity index (χ3v) is 11.6. The van der Waals surface area contributed by atoms with Crippen LogP contribution in [0, 0.1) is 17.0 Å². The minimum absolute atomic E-state index is 0.105. The molecule has 0 saturated carbocycles. The summed E-state index contributed by atoms with van der Waals surface area (Å²) in [7, 11) is -4.17. The van der Waals surface area contributed by atoms with E-state index < -0.39 is 140 Å². The Morgan fingerprint density at radius 2 is 1.67 bits per heavy atom. The average Bonchev–Trinajstić information content (AvgIpc) is 3.44. The second kappa shape index (κ2) is 14.8. The Bertz CT molecular complexity index is 3110. The summed E-state index contributed by atoms with van der Waals surface area (Å²) in [6.07, 6.45) is -5.41. The lowest BCUT2D eigenvalue weighted by molar-refractivity contribution is -0.123. The van der Waals surface area contributed by atoms with Crippen LogP contribution in [-0.2, 0) is 46.2 Å². The summed E-state index contributed by atoms with van der Waals surface area (Å²) < 4.78 is 175. The fourth-order valence-electron chi connectivity index (χ4n) is 7.87. The number of rotatable bonds is 13. The molecule has 6 aromatic rings. The molecule has 0 spiro atoms. The van der Waals surface area contributed by atoms with Crippen LogP contribution in [0.2, 0.25) is 5.02 Å². The maximum absolute atomic E-state index is 15.8. The van der Waals surface area contributed by atoms with E-state index >= 15 is 8.78 Å². The van der Waals surface area contributed by atoms with Crippen LogP contribution >= 0.6 is 11.6 Å². The van der Waals surface area contributed by atoms with Crippen molar-refractivity contribution in [2.45, 2.75) is 64.1 Å². The van der Waals surface area contributed by atoms with Gasteiger partial charge in [0.25, 0.3) is 24.3 Å². The molecule has 332 valence electrons. The number of nitrogens with one attached hydrogen (secondary N) is 2. The van der Waals surface area contributed by atoms with E-state index in [1.165, 1.54) is 0 Å². The number of fused-ring (bicyclic) bond motifs is 5. The first kappa shape index (κ1) is 43.7. The lowest BCUT2D eigenvalue weighted by atomic mass is 9.99. The number of anilines is 1. The predicted octanol–water partition coefficient (Wildman–Crippen LogP) is 8.16. The number of allylic oxidation sites excluding steroid dienone is 2. The maximum atomic E-state index is 15.8. The Morgan fingerprint density at radius 1 is 0.984 bits per heavy atom. The Morgan fingerprint density at radius 3 is 2.29 bits per heavy atom. The molecule has 1 unspecified atom stereocenters. The van der Waals surface area contributed by atoms with Crippen LogP contribution in [0.25, 0.3) is 33.1 Å². The second-order valence-corrected chi connectivity index (χ2v) is 17.5. The van der Waals surface area contributed by atoms with Gasteiger partial charge in [-0.1, -0.05) is 23.7 Å². The van der Waals surface area contributed by atoms with Crippen LogP contribution in [-0.4, -0.2) is 56.1 Å². The number of alkyl halides is 8. The van der Waals surface area contributed by atoms with Crippen molar-refractivity contribution < 1.29 is 57.1 Å². The minimum atomic E-state index is -4.17. The number of carbonyl (C=O) groups excluding carboxylic acids is 1. The van der Waals surface area contributed by atoms with Gasteiger partial charge in [0.1, 0.15) is 41.9 Å². The molecule has 3 heterocycles. The van der Waals surface area contributed by atoms with Gasteiger partial charge in [-0.05, 0) is 54.5 Å². The first-order chi connectivity index (χ1) is 29.3. The molecule has 3 aromatic carbocycles. The molecular weight excluding hydrogens is 902 g/mol. The van der Waals surface area contributed by atoms with Crippen molar-refractivity contribution >= 4 is 60.7 Å². The van der Waals surface area contributed by atoms with E-state index in [4.69, 9.17) is 11.6 Å². The summed E-state index contributed by atoms with van der Waals surface area (Å²) in [5.41, 5.74) is -7.87. The lowest BCUT2D eigenvalue weighted by Crippen LogP contribution is -2.38. The van der Waals surface area contributed by atoms with Gasteiger partial charge in [-0.2, -0.15) is 19.0 Å². The molecule has 12 nitrogen and oxygen atoms in total. The van der Waals surface area contributed by atoms with Crippen molar-refractivity contribution in [2.75, 3.05) is 11.0 Å². The van der Waals surface area contributed by atoms with Crippen molar-refractivity contribution in [3.8, 4) is 5.69 Å². The SMILES string of the molecule is CC(F)(F)c1ccc2c(=O)n(-c3ccc(Cl)c4c(NS(C)(=O)=O)nn(CC(F)F)c34)c([C@H](Cc3cc(F)cc(F)c3)NC(=O)Cn3nc(C(F)F)c4c3C(F)(F)C3(C)C=C43)nc2c1. The Hall–Kier alpha value is -5.97. The van der Waals surface area contributed by atoms with Gasteiger partial charge < -0.3 is 5.32 Å².